The van der Waals surface area contributed by atoms with Crippen LogP contribution >= 0.6 is 35.6 Å². The van der Waals surface area contributed by atoms with Crippen LogP contribution in [0.5, 0.6) is 0 Å². The average molecular weight is 470 g/mol. The first-order valence-electron chi connectivity index (χ1n) is 10.2. The summed E-state index contributed by atoms with van der Waals surface area (Å²) >= 11 is 12.7. The van der Waals surface area contributed by atoms with Crippen molar-refractivity contribution in [2.45, 2.75) is 19.3 Å². The maximum atomic E-state index is 13.6. The van der Waals surface area contributed by atoms with E-state index >= 15 is 0 Å². The van der Waals surface area contributed by atoms with Gasteiger partial charge in [-0.15, -0.1) is 0 Å². The smallest absolute Gasteiger partial charge is 0.271 e. The zero-order valence-electron chi connectivity index (χ0n) is 16.7. The summed E-state index contributed by atoms with van der Waals surface area (Å²) in [5, 5.41) is 0.584. The Morgan fingerprint density at radius 1 is 0.935 bits per heavy atom. The third-order valence-corrected chi connectivity index (χ3v) is 7.42. The Morgan fingerprint density at radius 3 is 2.39 bits per heavy atom. The van der Waals surface area contributed by atoms with Gasteiger partial charge in [-0.2, -0.15) is 0 Å². The van der Waals surface area contributed by atoms with Gasteiger partial charge in [-0.05, 0) is 56.3 Å². The third-order valence-electron chi connectivity index (χ3n) is 5.79. The van der Waals surface area contributed by atoms with Crippen LogP contribution in [0.25, 0.3) is 5.57 Å². The first-order chi connectivity index (χ1) is 15.0. The lowest BCUT2D eigenvalue weighted by molar-refractivity contribution is -0.115. The van der Waals surface area contributed by atoms with Crippen LogP contribution in [-0.2, 0) is 9.59 Å². The van der Waals surface area contributed by atoms with Gasteiger partial charge in [0.25, 0.3) is 11.8 Å². The number of amides is 2. The van der Waals surface area contributed by atoms with Gasteiger partial charge in [-0.3, -0.25) is 24.3 Å². The molecule has 2 fully saturated rings. The Bertz CT molecular complexity index is 1110. The van der Waals surface area contributed by atoms with Crippen molar-refractivity contribution in [1.29, 1.82) is 0 Å². The zero-order chi connectivity index (χ0) is 21.5. The Balaban J connectivity index is 1.53. The van der Waals surface area contributed by atoms with Crippen molar-refractivity contribution in [3.05, 3.63) is 64.0 Å². The number of thioether (sulfide) groups is 1. The van der Waals surface area contributed by atoms with Gasteiger partial charge < -0.3 is 0 Å². The van der Waals surface area contributed by atoms with Gasteiger partial charge in [0.15, 0.2) is 4.32 Å². The predicted octanol–water partition coefficient (Wildman–Crippen LogP) is 4.91. The SMILES string of the molecule is O=C1/C(=C2\SC(=S)N(c3ccc(Cl)cc3)C2=O)c2ccccc2N1CN1CCCCC1. The Labute approximate surface area is 195 Å². The zero-order valence-corrected chi connectivity index (χ0v) is 19.1. The number of thiocarbonyl (C=S) groups is 1. The largest absolute Gasteiger partial charge is 0.294 e. The number of anilines is 2. The van der Waals surface area contributed by atoms with Crippen LogP contribution in [0.4, 0.5) is 11.4 Å². The first-order valence-corrected chi connectivity index (χ1v) is 11.8. The van der Waals surface area contributed by atoms with E-state index in [4.69, 9.17) is 23.8 Å². The number of halogens is 1. The molecule has 0 bridgehead atoms. The highest BCUT2D eigenvalue weighted by atomic mass is 35.5. The Morgan fingerprint density at radius 2 is 1.65 bits per heavy atom. The summed E-state index contributed by atoms with van der Waals surface area (Å²) in [5.41, 5.74) is 2.73. The molecule has 158 valence electrons. The molecule has 0 saturated carbocycles. The van der Waals surface area contributed by atoms with E-state index in [1.165, 1.54) is 23.1 Å². The second kappa shape index (κ2) is 8.39. The topological polar surface area (TPSA) is 43.9 Å². The van der Waals surface area contributed by atoms with Crippen molar-refractivity contribution >= 4 is 68.7 Å². The van der Waals surface area contributed by atoms with Gasteiger partial charge >= 0.3 is 0 Å². The quantitative estimate of drug-likeness (QED) is 0.472. The summed E-state index contributed by atoms with van der Waals surface area (Å²) in [5.74, 6) is -0.404. The van der Waals surface area contributed by atoms with Crippen molar-refractivity contribution in [2.75, 3.05) is 29.6 Å². The molecule has 3 aliphatic rings. The molecule has 5 nitrogen and oxygen atoms in total. The molecule has 5 rings (SSSR count). The molecule has 0 atom stereocenters. The van der Waals surface area contributed by atoms with Crippen molar-refractivity contribution in [3.8, 4) is 0 Å². The van der Waals surface area contributed by atoms with E-state index in [0.29, 0.717) is 32.2 Å². The van der Waals surface area contributed by atoms with Crippen LogP contribution in [0.1, 0.15) is 24.8 Å². The lowest BCUT2D eigenvalue weighted by Gasteiger charge is -2.30. The Kier molecular flexibility index (Phi) is 5.60. The maximum Gasteiger partial charge on any atom is 0.271 e. The number of benzene rings is 2. The van der Waals surface area contributed by atoms with Crippen molar-refractivity contribution in [2.24, 2.45) is 0 Å². The van der Waals surface area contributed by atoms with E-state index in [9.17, 15) is 9.59 Å². The minimum atomic E-state index is -0.268. The summed E-state index contributed by atoms with van der Waals surface area (Å²) in [6.07, 6.45) is 3.53. The molecule has 0 aromatic heterocycles. The number of likely N-dealkylation sites (tertiary alicyclic amines) is 1. The molecule has 2 aromatic carbocycles. The van der Waals surface area contributed by atoms with Crippen molar-refractivity contribution < 1.29 is 9.59 Å². The molecular weight excluding hydrogens is 450 g/mol. The molecule has 2 aromatic rings. The number of carbonyl (C=O) groups excluding carboxylic acids is 2. The number of para-hydroxylation sites is 1. The minimum absolute atomic E-state index is 0.136. The standard InChI is InChI=1S/C23H20ClN3O2S2/c24-15-8-10-16(11-9-15)27-22(29)20(31-23(27)30)19-17-6-2-3-7-18(17)26(21(19)28)14-25-12-4-1-5-13-25/h2-3,6-11H,1,4-5,12-14H2/b20-19-. The fourth-order valence-electron chi connectivity index (χ4n) is 4.27. The van der Waals surface area contributed by atoms with Gasteiger partial charge in [0.2, 0.25) is 0 Å². The van der Waals surface area contributed by atoms with Crippen LogP contribution in [0.2, 0.25) is 5.02 Å². The molecule has 2 amide bonds. The van der Waals surface area contributed by atoms with Crippen LogP contribution in [0, 0.1) is 0 Å². The number of carbonyl (C=O) groups is 2. The number of nitrogens with zero attached hydrogens (tertiary/aromatic N) is 3. The van der Waals surface area contributed by atoms with E-state index < -0.39 is 0 Å². The lowest BCUT2D eigenvalue weighted by Crippen LogP contribution is -2.42. The van der Waals surface area contributed by atoms with E-state index in [2.05, 4.69) is 4.90 Å². The van der Waals surface area contributed by atoms with E-state index in [0.717, 1.165) is 37.2 Å². The van der Waals surface area contributed by atoms with Gasteiger partial charge in [-0.1, -0.05) is 60.2 Å². The van der Waals surface area contributed by atoms with Crippen LogP contribution in [-0.4, -0.2) is 40.8 Å². The van der Waals surface area contributed by atoms with E-state index in [-0.39, 0.29) is 11.8 Å². The third kappa shape index (κ3) is 3.69. The lowest BCUT2D eigenvalue weighted by atomic mass is 10.1. The van der Waals surface area contributed by atoms with Gasteiger partial charge in [0.05, 0.1) is 28.5 Å². The summed E-state index contributed by atoms with van der Waals surface area (Å²) < 4.78 is 0.412. The molecule has 8 heteroatoms. The first kappa shape index (κ1) is 20.7. The van der Waals surface area contributed by atoms with Crippen LogP contribution in [0.3, 0.4) is 0 Å². The predicted molar refractivity (Wildman–Crippen MR) is 130 cm³/mol. The number of rotatable bonds is 3. The molecule has 0 aliphatic carbocycles. The van der Waals surface area contributed by atoms with Gasteiger partial charge in [0, 0.05) is 10.6 Å². The Hall–Kier alpha value is -2.19. The number of hydrogen-bond donors (Lipinski definition) is 0. The molecule has 2 saturated heterocycles. The number of piperidine rings is 1. The summed E-state index contributed by atoms with van der Waals surface area (Å²) in [4.78, 5) is 32.9. The molecule has 31 heavy (non-hydrogen) atoms. The molecule has 3 heterocycles. The second-order valence-electron chi connectivity index (χ2n) is 7.76. The summed E-state index contributed by atoms with van der Waals surface area (Å²) in [6, 6.07) is 14.6. The van der Waals surface area contributed by atoms with Crippen LogP contribution < -0.4 is 9.80 Å². The summed E-state index contributed by atoms with van der Waals surface area (Å²) in [7, 11) is 0. The normalized spacial score (nSPS) is 21.9. The number of hydrogen-bond acceptors (Lipinski definition) is 5. The summed E-state index contributed by atoms with van der Waals surface area (Å²) in [6.45, 7) is 2.51. The maximum absolute atomic E-state index is 13.6. The van der Waals surface area contributed by atoms with E-state index in [1.54, 1.807) is 29.2 Å². The number of fused-ring (bicyclic) bond motifs is 1. The van der Waals surface area contributed by atoms with E-state index in [1.807, 2.05) is 24.3 Å². The highest BCUT2D eigenvalue weighted by Gasteiger charge is 2.42. The van der Waals surface area contributed by atoms with Gasteiger partial charge in [-0.25, -0.2) is 0 Å². The molecule has 0 radical (unpaired) electrons. The fourth-order valence-corrected chi connectivity index (χ4v) is 5.77. The molecule has 3 aliphatic heterocycles. The molecule has 0 spiro atoms. The highest BCUT2D eigenvalue weighted by Crippen LogP contribution is 2.45. The van der Waals surface area contributed by atoms with Crippen LogP contribution in [0.15, 0.2) is 53.4 Å². The molecule has 0 N–H and O–H groups in total. The van der Waals surface area contributed by atoms with Gasteiger partial charge in [0.1, 0.15) is 0 Å². The molecule has 0 unspecified atom stereocenters. The second-order valence-corrected chi connectivity index (χ2v) is 9.84. The average Bonchev–Trinajstić information content (AvgIpc) is 3.22. The fraction of sp³-hybridized carbons (Fsp3) is 0.261. The van der Waals surface area contributed by atoms with Crippen molar-refractivity contribution in [1.82, 2.24) is 4.90 Å². The van der Waals surface area contributed by atoms with Crippen molar-refractivity contribution in [3.63, 3.8) is 0 Å². The monoisotopic (exact) mass is 469 g/mol. The highest BCUT2D eigenvalue weighted by molar-refractivity contribution is 8.27. The molecular formula is C23H20ClN3O2S2. The minimum Gasteiger partial charge on any atom is -0.294 e.